The molecule has 1 aliphatic rings. The van der Waals surface area contributed by atoms with Crippen molar-refractivity contribution in [2.24, 2.45) is 5.92 Å². The lowest BCUT2D eigenvalue weighted by atomic mass is 9.98. The molecular formula is C15H19NO6S. The minimum Gasteiger partial charge on any atom is -0.478 e. The molecule has 1 heterocycles. The summed E-state index contributed by atoms with van der Waals surface area (Å²) in [6.45, 7) is 2.35. The molecule has 0 amide bonds. The van der Waals surface area contributed by atoms with Crippen molar-refractivity contribution in [2.75, 3.05) is 19.7 Å². The third kappa shape index (κ3) is 3.70. The first-order valence-corrected chi connectivity index (χ1v) is 8.81. The zero-order valence-corrected chi connectivity index (χ0v) is 13.6. The largest absolute Gasteiger partial charge is 0.478 e. The van der Waals surface area contributed by atoms with E-state index in [2.05, 4.69) is 0 Å². The summed E-state index contributed by atoms with van der Waals surface area (Å²) < 4.78 is 31.5. The summed E-state index contributed by atoms with van der Waals surface area (Å²) in [5.74, 6) is -1.91. The molecule has 1 N–H and O–H groups in total. The Hall–Kier alpha value is -1.93. The second-order valence-corrected chi connectivity index (χ2v) is 7.14. The Morgan fingerprint density at radius 3 is 2.43 bits per heavy atom. The van der Waals surface area contributed by atoms with E-state index in [1.807, 2.05) is 0 Å². The van der Waals surface area contributed by atoms with Crippen LogP contribution in [0.5, 0.6) is 0 Å². The van der Waals surface area contributed by atoms with Crippen LogP contribution in [0.1, 0.15) is 30.1 Å². The topological polar surface area (TPSA) is 101 Å². The van der Waals surface area contributed by atoms with Gasteiger partial charge in [-0.2, -0.15) is 4.31 Å². The van der Waals surface area contributed by atoms with E-state index < -0.39 is 16.0 Å². The first-order valence-electron chi connectivity index (χ1n) is 7.37. The normalized spacial score (nSPS) is 16.9. The Morgan fingerprint density at radius 1 is 1.26 bits per heavy atom. The number of carboxylic acid groups (broad SMARTS) is 1. The molecular weight excluding hydrogens is 322 g/mol. The average molecular weight is 341 g/mol. The lowest BCUT2D eigenvalue weighted by Crippen LogP contribution is -2.41. The summed E-state index contributed by atoms with van der Waals surface area (Å²) in [7, 11) is -3.90. The molecule has 0 unspecified atom stereocenters. The molecule has 0 radical (unpaired) electrons. The van der Waals surface area contributed by atoms with Gasteiger partial charge in [0.2, 0.25) is 10.0 Å². The fourth-order valence-electron chi connectivity index (χ4n) is 2.60. The molecule has 2 rings (SSSR count). The Bertz CT molecular complexity index is 692. The van der Waals surface area contributed by atoms with Crippen LogP contribution in [0.3, 0.4) is 0 Å². The van der Waals surface area contributed by atoms with E-state index in [9.17, 15) is 18.0 Å². The summed E-state index contributed by atoms with van der Waals surface area (Å²) in [4.78, 5) is 22.7. The molecule has 8 heteroatoms. The van der Waals surface area contributed by atoms with Crippen molar-refractivity contribution in [2.45, 2.75) is 24.7 Å². The predicted octanol–water partition coefficient (Wildman–Crippen LogP) is 1.35. The fraction of sp³-hybridized carbons (Fsp3) is 0.467. The molecule has 1 aliphatic heterocycles. The van der Waals surface area contributed by atoms with Gasteiger partial charge in [0.05, 0.1) is 23.0 Å². The number of carboxylic acids is 1. The highest BCUT2D eigenvalue weighted by molar-refractivity contribution is 7.89. The van der Waals surface area contributed by atoms with Crippen LogP contribution in [0.4, 0.5) is 0 Å². The van der Waals surface area contributed by atoms with Gasteiger partial charge in [-0.3, -0.25) is 4.79 Å². The second kappa shape index (κ2) is 7.10. The number of carbonyl (C=O) groups excluding carboxylic acids is 1. The van der Waals surface area contributed by atoms with Crippen LogP contribution in [0.2, 0.25) is 0 Å². The predicted molar refractivity (Wildman–Crippen MR) is 81.5 cm³/mol. The maximum Gasteiger partial charge on any atom is 0.337 e. The first-order chi connectivity index (χ1) is 10.9. The molecule has 126 valence electrons. The highest BCUT2D eigenvalue weighted by Crippen LogP contribution is 2.26. The number of benzene rings is 1. The van der Waals surface area contributed by atoms with Gasteiger partial charge in [-0.1, -0.05) is 12.1 Å². The van der Waals surface area contributed by atoms with Crippen LogP contribution in [0.15, 0.2) is 29.2 Å². The van der Waals surface area contributed by atoms with Crippen molar-refractivity contribution >= 4 is 22.0 Å². The zero-order valence-electron chi connectivity index (χ0n) is 12.8. The van der Waals surface area contributed by atoms with Crippen molar-refractivity contribution in [3.63, 3.8) is 0 Å². The number of aromatic carboxylic acids is 1. The standard InChI is InChI=1S/C15H19NO6S/c1-2-22-15(19)11-7-9-16(10-8-11)23(20,21)13-6-4-3-5-12(13)14(17)18/h3-6,11H,2,7-10H2,1H3,(H,17,18). The number of ether oxygens (including phenoxy) is 1. The molecule has 1 aromatic carbocycles. The van der Waals surface area contributed by atoms with Crippen molar-refractivity contribution in [3.05, 3.63) is 29.8 Å². The van der Waals surface area contributed by atoms with Crippen molar-refractivity contribution in [3.8, 4) is 0 Å². The van der Waals surface area contributed by atoms with Gasteiger partial charge >= 0.3 is 11.9 Å². The molecule has 23 heavy (non-hydrogen) atoms. The highest BCUT2D eigenvalue weighted by Gasteiger charge is 2.34. The molecule has 1 saturated heterocycles. The average Bonchev–Trinajstić information content (AvgIpc) is 2.55. The Balaban J connectivity index is 2.17. The monoisotopic (exact) mass is 341 g/mol. The molecule has 0 aliphatic carbocycles. The third-order valence-electron chi connectivity index (χ3n) is 3.81. The third-order valence-corrected chi connectivity index (χ3v) is 5.77. The molecule has 0 atom stereocenters. The zero-order chi connectivity index (χ0) is 17.0. The highest BCUT2D eigenvalue weighted by atomic mass is 32.2. The van der Waals surface area contributed by atoms with Gasteiger partial charge in [-0.15, -0.1) is 0 Å². The number of hydrogen-bond acceptors (Lipinski definition) is 5. The van der Waals surface area contributed by atoms with Gasteiger partial charge in [0.15, 0.2) is 0 Å². The van der Waals surface area contributed by atoms with Gasteiger partial charge in [0, 0.05) is 13.1 Å². The minimum absolute atomic E-state index is 0.166. The summed E-state index contributed by atoms with van der Waals surface area (Å²) in [6, 6.07) is 5.52. The van der Waals surface area contributed by atoms with Gasteiger partial charge in [-0.25, -0.2) is 13.2 Å². The van der Waals surface area contributed by atoms with Crippen LogP contribution >= 0.6 is 0 Å². The quantitative estimate of drug-likeness (QED) is 0.811. The summed E-state index contributed by atoms with van der Waals surface area (Å²) in [5, 5.41) is 9.16. The molecule has 0 aromatic heterocycles. The van der Waals surface area contributed by atoms with Crippen molar-refractivity contribution < 1.29 is 27.9 Å². The minimum atomic E-state index is -3.90. The molecule has 1 fully saturated rings. The van der Waals surface area contributed by atoms with Crippen LogP contribution in [0.25, 0.3) is 0 Å². The number of esters is 1. The van der Waals surface area contributed by atoms with Crippen LogP contribution in [-0.2, 0) is 19.6 Å². The van der Waals surface area contributed by atoms with Crippen LogP contribution in [0, 0.1) is 5.92 Å². The summed E-state index contributed by atoms with van der Waals surface area (Å²) >= 11 is 0. The molecule has 0 saturated carbocycles. The van der Waals surface area contributed by atoms with E-state index in [0.717, 1.165) is 0 Å². The number of rotatable bonds is 5. The van der Waals surface area contributed by atoms with E-state index >= 15 is 0 Å². The Labute approximate surface area is 134 Å². The lowest BCUT2D eigenvalue weighted by molar-refractivity contribution is -0.149. The van der Waals surface area contributed by atoms with E-state index in [1.54, 1.807) is 6.92 Å². The van der Waals surface area contributed by atoms with E-state index in [-0.39, 0.29) is 35.4 Å². The lowest BCUT2D eigenvalue weighted by Gasteiger charge is -2.30. The van der Waals surface area contributed by atoms with Gasteiger partial charge in [0.1, 0.15) is 0 Å². The second-order valence-electron chi connectivity index (χ2n) is 5.23. The van der Waals surface area contributed by atoms with E-state index in [1.165, 1.54) is 28.6 Å². The fourth-order valence-corrected chi connectivity index (χ4v) is 4.25. The number of hydrogen-bond donors (Lipinski definition) is 1. The Morgan fingerprint density at radius 2 is 1.87 bits per heavy atom. The molecule has 0 spiro atoms. The van der Waals surface area contributed by atoms with Gasteiger partial charge in [-0.05, 0) is 31.9 Å². The Kier molecular flexibility index (Phi) is 5.38. The first kappa shape index (κ1) is 17.4. The SMILES string of the molecule is CCOC(=O)C1CCN(S(=O)(=O)c2ccccc2C(=O)O)CC1. The maximum absolute atomic E-state index is 12.7. The number of carbonyl (C=O) groups is 2. The van der Waals surface area contributed by atoms with Crippen LogP contribution in [-0.4, -0.2) is 49.5 Å². The summed E-state index contributed by atoms with van der Waals surface area (Å²) in [6.07, 6.45) is 0.737. The van der Waals surface area contributed by atoms with E-state index in [0.29, 0.717) is 19.4 Å². The molecule has 1 aromatic rings. The number of nitrogens with zero attached hydrogens (tertiary/aromatic N) is 1. The molecule has 7 nitrogen and oxygen atoms in total. The maximum atomic E-state index is 12.7. The smallest absolute Gasteiger partial charge is 0.337 e. The van der Waals surface area contributed by atoms with E-state index in [4.69, 9.17) is 9.84 Å². The van der Waals surface area contributed by atoms with Crippen molar-refractivity contribution in [1.29, 1.82) is 0 Å². The van der Waals surface area contributed by atoms with Gasteiger partial charge < -0.3 is 9.84 Å². The number of piperidine rings is 1. The number of sulfonamides is 1. The van der Waals surface area contributed by atoms with Crippen molar-refractivity contribution in [1.82, 2.24) is 4.31 Å². The molecule has 0 bridgehead atoms. The van der Waals surface area contributed by atoms with Gasteiger partial charge in [0.25, 0.3) is 0 Å². The van der Waals surface area contributed by atoms with Crippen LogP contribution < -0.4 is 0 Å². The summed E-state index contributed by atoms with van der Waals surface area (Å²) in [5.41, 5.74) is -0.250.